The van der Waals surface area contributed by atoms with Crippen molar-refractivity contribution < 1.29 is 13.2 Å². The van der Waals surface area contributed by atoms with Gasteiger partial charge in [-0.1, -0.05) is 30.6 Å². The molecule has 3 N–H and O–H groups in total. The van der Waals surface area contributed by atoms with Crippen LogP contribution in [0.1, 0.15) is 37.1 Å². The highest BCUT2D eigenvalue weighted by atomic mass is 32.1. The maximum atomic E-state index is 12.4. The highest BCUT2D eigenvalue weighted by molar-refractivity contribution is 7.15. The number of anilines is 1. The number of nitrogens with two attached hydrogens (primary N) is 1. The monoisotopic (exact) mass is 294 g/mol. The van der Waals surface area contributed by atoms with Gasteiger partial charge >= 0.3 is 6.18 Å². The minimum Gasteiger partial charge on any atom is -0.356 e. The smallest absolute Gasteiger partial charge is 0.356 e. The van der Waals surface area contributed by atoms with Gasteiger partial charge in [-0.25, -0.2) is 0 Å². The van der Waals surface area contributed by atoms with E-state index in [1.54, 1.807) is 0 Å². The first-order valence-electron chi connectivity index (χ1n) is 6.38. The Bertz CT molecular complexity index is 401. The van der Waals surface area contributed by atoms with Gasteiger partial charge in [0, 0.05) is 12.6 Å². The summed E-state index contributed by atoms with van der Waals surface area (Å²) in [6, 6.07) is -0.0191. The van der Waals surface area contributed by atoms with Crippen LogP contribution < -0.4 is 11.1 Å². The van der Waals surface area contributed by atoms with Crippen LogP contribution in [-0.2, 0) is 6.18 Å². The lowest BCUT2D eigenvalue weighted by Crippen LogP contribution is -2.37. The van der Waals surface area contributed by atoms with E-state index in [1.165, 1.54) is 6.42 Å². The minimum atomic E-state index is -4.43. The summed E-state index contributed by atoms with van der Waals surface area (Å²) in [4.78, 5) is 0. The Morgan fingerprint density at radius 3 is 2.47 bits per heavy atom. The van der Waals surface area contributed by atoms with Gasteiger partial charge < -0.3 is 11.1 Å². The summed E-state index contributed by atoms with van der Waals surface area (Å²) in [6.45, 7) is 0.394. The molecule has 0 bridgehead atoms. The topological polar surface area (TPSA) is 63.8 Å². The maximum absolute atomic E-state index is 12.4. The van der Waals surface area contributed by atoms with Crippen LogP contribution in [0.5, 0.6) is 0 Å². The van der Waals surface area contributed by atoms with Crippen LogP contribution in [0.3, 0.4) is 0 Å². The molecule has 4 nitrogen and oxygen atoms in total. The largest absolute Gasteiger partial charge is 0.445 e. The second kappa shape index (κ2) is 6.04. The van der Waals surface area contributed by atoms with Crippen molar-refractivity contribution in [1.29, 1.82) is 0 Å². The maximum Gasteiger partial charge on any atom is 0.445 e. The molecule has 1 aromatic rings. The van der Waals surface area contributed by atoms with Crippen molar-refractivity contribution >= 4 is 16.5 Å². The standard InChI is InChI=1S/C11H17F3N4S/c12-11(13,14)9-17-18-10(19-9)16-8(6-15)7-4-2-1-3-5-7/h7-8H,1-6,15H2,(H,16,18). The molecule has 0 radical (unpaired) electrons. The third-order valence-electron chi connectivity index (χ3n) is 3.45. The predicted molar refractivity (Wildman–Crippen MR) is 68.0 cm³/mol. The summed E-state index contributed by atoms with van der Waals surface area (Å²) in [6.07, 6.45) is 1.25. The number of halogens is 3. The van der Waals surface area contributed by atoms with Crippen LogP contribution in [0.25, 0.3) is 0 Å². The van der Waals surface area contributed by atoms with Gasteiger partial charge in [-0.3, -0.25) is 0 Å². The SMILES string of the molecule is NCC(Nc1nnc(C(F)(F)F)s1)C1CCCCC1. The van der Waals surface area contributed by atoms with E-state index >= 15 is 0 Å². The van der Waals surface area contributed by atoms with Gasteiger partial charge in [-0.15, -0.1) is 10.2 Å². The van der Waals surface area contributed by atoms with E-state index in [0.29, 0.717) is 23.8 Å². The van der Waals surface area contributed by atoms with Crippen molar-refractivity contribution in [2.45, 2.75) is 44.3 Å². The lowest BCUT2D eigenvalue weighted by atomic mass is 9.84. The number of rotatable bonds is 4. The minimum absolute atomic E-state index is 0.0191. The molecule has 0 amide bonds. The molecule has 0 spiro atoms. The molecular formula is C11H17F3N4S. The molecule has 1 heterocycles. The molecule has 1 aromatic heterocycles. The van der Waals surface area contributed by atoms with Gasteiger partial charge in [0.05, 0.1) is 0 Å². The zero-order valence-corrected chi connectivity index (χ0v) is 11.2. The van der Waals surface area contributed by atoms with E-state index in [2.05, 4.69) is 15.5 Å². The van der Waals surface area contributed by atoms with Crippen LogP contribution >= 0.6 is 11.3 Å². The van der Waals surface area contributed by atoms with Crippen molar-refractivity contribution in [3.63, 3.8) is 0 Å². The van der Waals surface area contributed by atoms with Gasteiger partial charge in [0.25, 0.3) is 0 Å². The highest BCUT2D eigenvalue weighted by Crippen LogP contribution is 2.34. The van der Waals surface area contributed by atoms with Gasteiger partial charge in [0.1, 0.15) is 0 Å². The fraction of sp³-hybridized carbons (Fsp3) is 0.818. The Kier molecular flexibility index (Phi) is 4.62. The summed E-state index contributed by atoms with van der Waals surface area (Å²) >= 11 is 0.534. The molecule has 108 valence electrons. The molecule has 1 saturated carbocycles. The van der Waals surface area contributed by atoms with Gasteiger partial charge in [0.2, 0.25) is 10.1 Å². The molecule has 1 atom stereocenters. The van der Waals surface area contributed by atoms with Crippen LogP contribution in [0.4, 0.5) is 18.3 Å². The molecule has 1 unspecified atom stereocenters. The van der Waals surface area contributed by atoms with Crippen LogP contribution in [-0.4, -0.2) is 22.8 Å². The van der Waals surface area contributed by atoms with E-state index in [4.69, 9.17) is 5.73 Å². The molecule has 0 aromatic carbocycles. The number of hydrogen-bond donors (Lipinski definition) is 2. The predicted octanol–water partition coefficient (Wildman–Crippen LogP) is 2.88. The van der Waals surface area contributed by atoms with Crippen molar-refractivity contribution in [1.82, 2.24) is 10.2 Å². The molecule has 1 aliphatic carbocycles. The number of alkyl halides is 3. The first kappa shape index (κ1) is 14.5. The van der Waals surface area contributed by atoms with Crippen molar-refractivity contribution in [3.05, 3.63) is 5.01 Å². The van der Waals surface area contributed by atoms with Gasteiger partial charge in [-0.05, 0) is 18.8 Å². The molecule has 0 saturated heterocycles. The van der Waals surface area contributed by atoms with Crippen LogP contribution in [0.2, 0.25) is 0 Å². The first-order chi connectivity index (χ1) is 9.00. The molecule has 19 heavy (non-hydrogen) atoms. The number of nitrogens with zero attached hydrogens (tertiary/aromatic N) is 2. The Hall–Kier alpha value is -0.890. The number of hydrogen-bond acceptors (Lipinski definition) is 5. The first-order valence-corrected chi connectivity index (χ1v) is 7.19. The second-order valence-electron chi connectivity index (χ2n) is 4.79. The normalized spacial score (nSPS) is 19.4. The Labute approximate surface area is 113 Å². The molecule has 0 aliphatic heterocycles. The zero-order valence-electron chi connectivity index (χ0n) is 10.4. The Morgan fingerprint density at radius 1 is 1.26 bits per heavy atom. The van der Waals surface area contributed by atoms with Crippen LogP contribution in [0.15, 0.2) is 0 Å². The lowest BCUT2D eigenvalue weighted by Gasteiger charge is -2.29. The fourth-order valence-electron chi connectivity index (χ4n) is 2.46. The van der Waals surface area contributed by atoms with Gasteiger partial charge in [0.15, 0.2) is 0 Å². The Morgan fingerprint density at radius 2 is 1.95 bits per heavy atom. The molecular weight excluding hydrogens is 277 g/mol. The highest BCUT2D eigenvalue weighted by Gasteiger charge is 2.36. The zero-order chi connectivity index (χ0) is 13.9. The molecule has 1 fully saturated rings. The summed E-state index contributed by atoms with van der Waals surface area (Å²) in [5.74, 6) is 0.414. The second-order valence-corrected chi connectivity index (χ2v) is 5.77. The fourth-order valence-corrected chi connectivity index (χ4v) is 3.13. The summed E-state index contributed by atoms with van der Waals surface area (Å²) < 4.78 is 37.3. The Balaban J connectivity index is 1.99. The molecule has 2 rings (SSSR count). The van der Waals surface area contributed by atoms with E-state index in [0.717, 1.165) is 25.7 Å². The average molecular weight is 294 g/mol. The van der Waals surface area contributed by atoms with Gasteiger partial charge in [-0.2, -0.15) is 13.2 Å². The van der Waals surface area contributed by atoms with E-state index in [-0.39, 0.29) is 11.2 Å². The summed E-state index contributed by atoms with van der Waals surface area (Å²) in [7, 11) is 0. The van der Waals surface area contributed by atoms with Crippen molar-refractivity contribution in [2.24, 2.45) is 11.7 Å². The van der Waals surface area contributed by atoms with Crippen molar-refractivity contribution in [2.75, 3.05) is 11.9 Å². The number of aromatic nitrogens is 2. The summed E-state index contributed by atoms with van der Waals surface area (Å²) in [5, 5.41) is 9.00. The third kappa shape index (κ3) is 3.79. The third-order valence-corrected chi connectivity index (χ3v) is 4.35. The average Bonchev–Trinajstić information content (AvgIpc) is 2.85. The summed E-state index contributed by atoms with van der Waals surface area (Å²) in [5.41, 5.74) is 5.72. The quantitative estimate of drug-likeness (QED) is 0.896. The lowest BCUT2D eigenvalue weighted by molar-refractivity contribution is -0.138. The van der Waals surface area contributed by atoms with Crippen molar-refractivity contribution in [3.8, 4) is 0 Å². The van der Waals surface area contributed by atoms with E-state index < -0.39 is 11.2 Å². The molecule has 8 heteroatoms. The van der Waals surface area contributed by atoms with E-state index in [9.17, 15) is 13.2 Å². The van der Waals surface area contributed by atoms with Crippen LogP contribution in [0, 0.1) is 5.92 Å². The number of nitrogens with one attached hydrogen (secondary N) is 1. The van der Waals surface area contributed by atoms with E-state index in [1.807, 2.05) is 0 Å². The molecule has 1 aliphatic rings.